The molecular weight excluding hydrogens is 313 g/mol. The Balaban J connectivity index is 2.00. The number of hydrogen-bond acceptors (Lipinski definition) is 4. The number of amides is 2. The highest BCUT2D eigenvalue weighted by molar-refractivity contribution is 6.01. The molecule has 2 N–H and O–H groups in total. The van der Waals surface area contributed by atoms with Gasteiger partial charge in [-0.25, -0.2) is 4.39 Å². The van der Waals surface area contributed by atoms with Crippen LogP contribution in [0.15, 0.2) is 24.3 Å². The molecule has 7 heteroatoms. The van der Waals surface area contributed by atoms with Gasteiger partial charge in [-0.1, -0.05) is 0 Å². The second kappa shape index (κ2) is 6.16. The zero-order valence-corrected chi connectivity index (χ0v) is 13.5. The highest BCUT2D eigenvalue weighted by Crippen LogP contribution is 2.25. The maximum atomic E-state index is 13.3. The molecule has 126 valence electrons. The normalized spacial score (nSPS) is 20.5. The second-order valence-corrected chi connectivity index (χ2v) is 5.93. The van der Waals surface area contributed by atoms with Crippen LogP contribution < -0.4 is 5.73 Å². The van der Waals surface area contributed by atoms with E-state index in [1.54, 1.807) is 19.1 Å². The Morgan fingerprint density at radius 2 is 2.12 bits per heavy atom. The van der Waals surface area contributed by atoms with Crippen LogP contribution in [0.3, 0.4) is 0 Å². The third-order valence-corrected chi connectivity index (χ3v) is 4.39. The summed E-state index contributed by atoms with van der Waals surface area (Å²) < 4.78 is 18.6. The fourth-order valence-corrected chi connectivity index (χ4v) is 3.07. The minimum atomic E-state index is -0.703. The van der Waals surface area contributed by atoms with E-state index in [1.165, 1.54) is 24.1 Å². The summed E-state index contributed by atoms with van der Waals surface area (Å²) in [5, 5.41) is 0.656. The van der Waals surface area contributed by atoms with Crippen LogP contribution in [-0.2, 0) is 9.53 Å². The summed E-state index contributed by atoms with van der Waals surface area (Å²) in [4.78, 5) is 30.3. The van der Waals surface area contributed by atoms with Gasteiger partial charge in [-0.05, 0) is 25.1 Å². The first-order valence-corrected chi connectivity index (χ1v) is 7.60. The number of hydrogen-bond donors (Lipinski definition) is 1. The van der Waals surface area contributed by atoms with Gasteiger partial charge < -0.3 is 15.4 Å². The average molecular weight is 331 g/mol. The van der Waals surface area contributed by atoms with Crippen molar-refractivity contribution in [2.75, 3.05) is 13.7 Å². The highest BCUT2D eigenvalue weighted by Gasteiger charge is 2.39. The lowest BCUT2D eigenvalue weighted by molar-refractivity contribution is -0.121. The summed E-state index contributed by atoms with van der Waals surface area (Å²) in [5.41, 5.74) is 6.75. The monoisotopic (exact) mass is 331 g/mol. The quantitative estimate of drug-likeness (QED) is 0.921. The third kappa shape index (κ3) is 2.82. The van der Waals surface area contributed by atoms with Gasteiger partial charge in [-0.15, -0.1) is 0 Å². The van der Waals surface area contributed by atoms with E-state index < -0.39 is 11.9 Å². The fourth-order valence-electron chi connectivity index (χ4n) is 3.07. The van der Waals surface area contributed by atoms with Crippen molar-refractivity contribution in [3.05, 3.63) is 41.3 Å². The van der Waals surface area contributed by atoms with E-state index in [0.29, 0.717) is 35.1 Å². The molecule has 1 aromatic heterocycles. The van der Waals surface area contributed by atoms with E-state index in [-0.39, 0.29) is 17.8 Å². The Kier molecular flexibility index (Phi) is 4.19. The molecule has 0 spiro atoms. The van der Waals surface area contributed by atoms with E-state index in [0.717, 1.165) is 0 Å². The maximum Gasteiger partial charge on any atom is 0.256 e. The summed E-state index contributed by atoms with van der Waals surface area (Å²) in [5.74, 6) is -1.27. The molecule has 6 nitrogen and oxygen atoms in total. The molecule has 0 unspecified atom stereocenters. The number of methoxy groups -OCH3 is 1. The summed E-state index contributed by atoms with van der Waals surface area (Å²) >= 11 is 0. The molecule has 2 atom stereocenters. The van der Waals surface area contributed by atoms with Crippen molar-refractivity contribution in [1.82, 2.24) is 9.88 Å². The molecule has 0 saturated carbocycles. The van der Waals surface area contributed by atoms with Crippen molar-refractivity contribution in [2.24, 2.45) is 5.73 Å². The van der Waals surface area contributed by atoms with Crippen molar-refractivity contribution >= 4 is 22.7 Å². The number of aryl methyl sites for hydroxylation is 1. The van der Waals surface area contributed by atoms with Crippen LogP contribution in [0.25, 0.3) is 10.9 Å². The molecule has 1 aliphatic rings. The molecule has 1 saturated heterocycles. The van der Waals surface area contributed by atoms with Gasteiger partial charge >= 0.3 is 0 Å². The van der Waals surface area contributed by atoms with Crippen LogP contribution in [0.4, 0.5) is 4.39 Å². The lowest BCUT2D eigenvalue weighted by Gasteiger charge is -2.22. The van der Waals surface area contributed by atoms with Crippen LogP contribution in [0, 0.1) is 12.7 Å². The van der Waals surface area contributed by atoms with Crippen molar-refractivity contribution in [3.63, 3.8) is 0 Å². The fraction of sp³-hybridized carbons (Fsp3) is 0.353. The predicted octanol–water partition coefficient (Wildman–Crippen LogP) is 1.40. The van der Waals surface area contributed by atoms with Crippen LogP contribution in [0.2, 0.25) is 0 Å². The van der Waals surface area contributed by atoms with Crippen molar-refractivity contribution in [1.29, 1.82) is 0 Å². The number of benzene rings is 1. The third-order valence-electron chi connectivity index (χ3n) is 4.39. The zero-order valence-electron chi connectivity index (χ0n) is 13.5. The van der Waals surface area contributed by atoms with E-state index in [1.807, 2.05) is 0 Å². The Bertz CT molecular complexity index is 824. The molecule has 2 aromatic rings. The van der Waals surface area contributed by atoms with Crippen LogP contribution in [-0.4, -0.2) is 47.5 Å². The van der Waals surface area contributed by atoms with Crippen LogP contribution in [0.5, 0.6) is 0 Å². The van der Waals surface area contributed by atoms with Gasteiger partial charge in [0, 0.05) is 31.5 Å². The number of pyridine rings is 1. The van der Waals surface area contributed by atoms with E-state index in [4.69, 9.17) is 10.5 Å². The topological polar surface area (TPSA) is 85.5 Å². The zero-order chi connectivity index (χ0) is 17.4. The summed E-state index contributed by atoms with van der Waals surface area (Å²) in [6.07, 6.45) is 0.150. The van der Waals surface area contributed by atoms with Crippen LogP contribution in [0.1, 0.15) is 22.5 Å². The second-order valence-electron chi connectivity index (χ2n) is 5.93. The van der Waals surface area contributed by atoms with E-state index >= 15 is 0 Å². The predicted molar refractivity (Wildman–Crippen MR) is 85.9 cm³/mol. The molecule has 1 aliphatic heterocycles. The van der Waals surface area contributed by atoms with E-state index in [2.05, 4.69) is 4.98 Å². The first-order chi connectivity index (χ1) is 11.4. The lowest BCUT2D eigenvalue weighted by atomic mass is 10.1. The summed E-state index contributed by atoms with van der Waals surface area (Å²) in [7, 11) is 1.54. The number of halogens is 1. The molecule has 0 radical (unpaired) electrons. The molecule has 1 fully saturated rings. The van der Waals surface area contributed by atoms with Gasteiger partial charge in [0.15, 0.2) is 0 Å². The minimum absolute atomic E-state index is 0.228. The number of nitrogens with two attached hydrogens (primary N) is 1. The number of aromatic nitrogens is 1. The van der Waals surface area contributed by atoms with E-state index in [9.17, 15) is 14.0 Å². The Hall–Kier alpha value is -2.54. The van der Waals surface area contributed by atoms with Crippen molar-refractivity contribution in [3.8, 4) is 0 Å². The number of primary amides is 1. The molecule has 2 amide bonds. The Labute approximate surface area is 138 Å². The molecule has 0 aliphatic carbocycles. The molecule has 1 aromatic carbocycles. The number of carbonyl (C=O) groups is 2. The van der Waals surface area contributed by atoms with Gasteiger partial charge in [0.25, 0.3) is 5.91 Å². The summed E-state index contributed by atoms with van der Waals surface area (Å²) in [6.45, 7) is 1.98. The number of likely N-dealkylation sites (tertiary alicyclic amines) is 1. The van der Waals surface area contributed by atoms with Gasteiger partial charge in [0.2, 0.25) is 5.91 Å². The van der Waals surface area contributed by atoms with Crippen molar-refractivity contribution in [2.45, 2.75) is 25.5 Å². The standard InChI is InChI=1S/C17H18FN3O3/c1-9-13(5-10-3-4-11(18)6-14(10)20-9)17(23)21-8-12(24-2)7-15(21)16(19)22/h3-6,12,15H,7-8H2,1-2H3,(H2,19,22)/t12-,15-/m0/s1. The smallest absolute Gasteiger partial charge is 0.256 e. The molecule has 3 rings (SSSR count). The van der Waals surface area contributed by atoms with Gasteiger partial charge in [-0.2, -0.15) is 0 Å². The van der Waals surface area contributed by atoms with Gasteiger partial charge in [0.05, 0.1) is 22.9 Å². The number of rotatable bonds is 3. The SMILES string of the molecule is CO[C@H]1C[C@@H](C(N)=O)N(C(=O)c2cc3ccc(F)cc3nc2C)C1. The average Bonchev–Trinajstić information content (AvgIpc) is 2.98. The minimum Gasteiger partial charge on any atom is -0.380 e. The Morgan fingerprint density at radius 3 is 2.79 bits per heavy atom. The molecule has 0 bridgehead atoms. The first-order valence-electron chi connectivity index (χ1n) is 7.60. The number of ether oxygens (including phenoxy) is 1. The highest BCUT2D eigenvalue weighted by atomic mass is 19.1. The molecular formula is C17H18FN3O3. The first kappa shape index (κ1) is 16.3. The van der Waals surface area contributed by atoms with Gasteiger partial charge in [-0.3, -0.25) is 14.6 Å². The summed E-state index contributed by atoms with van der Waals surface area (Å²) in [6, 6.07) is 5.17. The van der Waals surface area contributed by atoms with Crippen LogP contribution >= 0.6 is 0 Å². The number of carbonyl (C=O) groups excluding carboxylic acids is 2. The largest absolute Gasteiger partial charge is 0.380 e. The van der Waals surface area contributed by atoms with Gasteiger partial charge in [0.1, 0.15) is 11.9 Å². The molecule has 2 heterocycles. The molecule has 24 heavy (non-hydrogen) atoms. The number of nitrogens with zero attached hydrogens (tertiary/aromatic N) is 2. The lowest BCUT2D eigenvalue weighted by Crippen LogP contribution is -2.44. The maximum absolute atomic E-state index is 13.3. The Morgan fingerprint density at radius 1 is 1.38 bits per heavy atom. The van der Waals surface area contributed by atoms with Crippen molar-refractivity contribution < 1.29 is 18.7 Å². The number of fused-ring (bicyclic) bond motifs is 1.